The first-order valence-corrected chi connectivity index (χ1v) is 4.96. The molecule has 0 atom stereocenters. The van der Waals surface area contributed by atoms with Crippen LogP contribution in [0.1, 0.15) is 6.92 Å². The van der Waals surface area contributed by atoms with Crippen molar-refractivity contribution in [3.8, 4) is 0 Å². The standard InChI is InChI=1S/C9H11BrN2O2/c1-3-14-9(13)12(2)8-5-4-7(10)6-11-8/h4-6H,3H2,1-2H3. The lowest BCUT2D eigenvalue weighted by molar-refractivity contribution is 0.161. The lowest BCUT2D eigenvalue weighted by Gasteiger charge is -2.14. The second kappa shape index (κ2) is 4.95. The van der Waals surface area contributed by atoms with E-state index in [0.29, 0.717) is 12.4 Å². The molecule has 4 nitrogen and oxygen atoms in total. The molecule has 0 aliphatic carbocycles. The molecular formula is C9H11BrN2O2. The summed E-state index contributed by atoms with van der Waals surface area (Å²) < 4.78 is 5.70. The van der Waals surface area contributed by atoms with Crippen molar-refractivity contribution in [3.05, 3.63) is 22.8 Å². The van der Waals surface area contributed by atoms with Gasteiger partial charge in [-0.25, -0.2) is 9.78 Å². The van der Waals surface area contributed by atoms with Crippen molar-refractivity contribution in [2.75, 3.05) is 18.6 Å². The quantitative estimate of drug-likeness (QED) is 0.819. The van der Waals surface area contributed by atoms with Gasteiger partial charge in [0.15, 0.2) is 0 Å². The summed E-state index contributed by atoms with van der Waals surface area (Å²) in [5.41, 5.74) is 0. The number of rotatable bonds is 2. The monoisotopic (exact) mass is 258 g/mol. The highest BCUT2D eigenvalue weighted by Gasteiger charge is 2.11. The number of nitrogens with zero attached hydrogens (tertiary/aromatic N) is 2. The molecule has 0 aliphatic rings. The SMILES string of the molecule is CCOC(=O)N(C)c1ccc(Br)cn1. The fraction of sp³-hybridized carbons (Fsp3) is 0.333. The fourth-order valence-electron chi connectivity index (χ4n) is 0.880. The van der Waals surface area contributed by atoms with Crippen LogP contribution in [0.5, 0.6) is 0 Å². The van der Waals surface area contributed by atoms with Crippen LogP contribution in [0.3, 0.4) is 0 Å². The van der Waals surface area contributed by atoms with Gasteiger partial charge in [0.25, 0.3) is 0 Å². The average Bonchev–Trinajstić information content (AvgIpc) is 2.18. The predicted octanol–water partition coefficient (Wildman–Crippen LogP) is 2.44. The number of anilines is 1. The summed E-state index contributed by atoms with van der Waals surface area (Å²) in [4.78, 5) is 16.7. The first-order chi connectivity index (χ1) is 6.65. The number of aromatic nitrogens is 1. The third kappa shape index (κ3) is 2.70. The first kappa shape index (κ1) is 11.0. The van der Waals surface area contributed by atoms with E-state index >= 15 is 0 Å². The Morgan fingerprint density at radius 1 is 1.64 bits per heavy atom. The van der Waals surface area contributed by atoms with Gasteiger partial charge in [-0.15, -0.1) is 0 Å². The zero-order valence-corrected chi connectivity index (χ0v) is 9.61. The second-order valence-electron chi connectivity index (χ2n) is 2.59. The number of carbonyl (C=O) groups is 1. The van der Waals surface area contributed by atoms with Crippen LogP contribution in [-0.4, -0.2) is 24.7 Å². The van der Waals surface area contributed by atoms with Crippen LogP contribution in [0.2, 0.25) is 0 Å². The number of halogens is 1. The number of hydrogen-bond donors (Lipinski definition) is 0. The summed E-state index contributed by atoms with van der Waals surface area (Å²) in [6, 6.07) is 3.55. The highest BCUT2D eigenvalue weighted by molar-refractivity contribution is 9.10. The summed E-state index contributed by atoms with van der Waals surface area (Å²) >= 11 is 3.27. The van der Waals surface area contributed by atoms with Gasteiger partial charge in [-0.05, 0) is 35.0 Å². The molecule has 0 aromatic carbocycles. The zero-order chi connectivity index (χ0) is 10.6. The van der Waals surface area contributed by atoms with Gasteiger partial charge in [-0.2, -0.15) is 0 Å². The molecule has 76 valence electrons. The van der Waals surface area contributed by atoms with Gasteiger partial charge in [-0.1, -0.05) is 0 Å². The third-order valence-corrected chi connectivity index (χ3v) is 2.07. The minimum absolute atomic E-state index is 0.361. The van der Waals surface area contributed by atoms with E-state index in [2.05, 4.69) is 20.9 Å². The van der Waals surface area contributed by atoms with E-state index < -0.39 is 6.09 Å². The van der Waals surface area contributed by atoms with Crippen molar-refractivity contribution in [1.82, 2.24) is 4.98 Å². The van der Waals surface area contributed by atoms with Gasteiger partial charge >= 0.3 is 6.09 Å². The molecule has 1 aromatic rings. The van der Waals surface area contributed by atoms with Crippen LogP contribution < -0.4 is 4.90 Å². The molecular weight excluding hydrogens is 248 g/mol. The summed E-state index contributed by atoms with van der Waals surface area (Å²) in [5.74, 6) is 0.562. The minimum Gasteiger partial charge on any atom is -0.449 e. The Hall–Kier alpha value is -1.10. The van der Waals surface area contributed by atoms with Crippen molar-refractivity contribution >= 4 is 27.8 Å². The topological polar surface area (TPSA) is 42.4 Å². The molecule has 0 unspecified atom stereocenters. The van der Waals surface area contributed by atoms with E-state index in [1.54, 1.807) is 26.2 Å². The molecule has 0 N–H and O–H groups in total. The molecule has 1 heterocycles. The van der Waals surface area contributed by atoms with Gasteiger partial charge in [0.05, 0.1) is 6.61 Å². The molecule has 0 spiro atoms. The Bertz CT molecular complexity index is 313. The van der Waals surface area contributed by atoms with E-state index in [-0.39, 0.29) is 0 Å². The minimum atomic E-state index is -0.401. The molecule has 14 heavy (non-hydrogen) atoms. The van der Waals surface area contributed by atoms with E-state index in [0.717, 1.165) is 4.47 Å². The molecule has 1 rings (SSSR count). The van der Waals surface area contributed by atoms with Gasteiger partial charge < -0.3 is 4.74 Å². The van der Waals surface area contributed by atoms with Crippen LogP contribution in [0.4, 0.5) is 10.6 Å². The van der Waals surface area contributed by atoms with Gasteiger partial charge in [-0.3, -0.25) is 4.90 Å². The lowest BCUT2D eigenvalue weighted by Crippen LogP contribution is -2.27. The third-order valence-electron chi connectivity index (χ3n) is 1.60. The Labute approximate surface area is 91.0 Å². The number of amides is 1. The molecule has 1 aromatic heterocycles. The Morgan fingerprint density at radius 2 is 2.36 bits per heavy atom. The number of pyridine rings is 1. The Kier molecular flexibility index (Phi) is 3.88. The average molecular weight is 259 g/mol. The van der Waals surface area contributed by atoms with E-state index in [4.69, 9.17) is 4.74 Å². The van der Waals surface area contributed by atoms with Crippen molar-refractivity contribution in [1.29, 1.82) is 0 Å². The van der Waals surface area contributed by atoms with Crippen molar-refractivity contribution in [2.45, 2.75) is 6.92 Å². The maximum atomic E-state index is 11.3. The summed E-state index contributed by atoms with van der Waals surface area (Å²) in [6.07, 6.45) is 1.23. The van der Waals surface area contributed by atoms with Crippen molar-refractivity contribution in [3.63, 3.8) is 0 Å². The smallest absolute Gasteiger partial charge is 0.415 e. The molecule has 0 fully saturated rings. The summed E-state index contributed by atoms with van der Waals surface area (Å²) in [6.45, 7) is 2.13. The molecule has 0 aliphatic heterocycles. The van der Waals surface area contributed by atoms with Crippen LogP contribution in [0, 0.1) is 0 Å². The van der Waals surface area contributed by atoms with E-state index in [1.165, 1.54) is 4.90 Å². The molecule has 1 amide bonds. The number of carbonyl (C=O) groups excluding carboxylic acids is 1. The number of ether oxygens (including phenoxy) is 1. The Balaban J connectivity index is 2.73. The highest BCUT2D eigenvalue weighted by atomic mass is 79.9. The predicted molar refractivity (Wildman–Crippen MR) is 57.4 cm³/mol. The lowest BCUT2D eigenvalue weighted by atomic mass is 10.4. The first-order valence-electron chi connectivity index (χ1n) is 4.17. The van der Waals surface area contributed by atoms with E-state index in [1.807, 2.05) is 6.07 Å². The molecule has 5 heteroatoms. The maximum absolute atomic E-state index is 11.3. The molecule has 0 saturated heterocycles. The van der Waals surface area contributed by atoms with Gasteiger partial charge in [0, 0.05) is 17.7 Å². The van der Waals surface area contributed by atoms with Crippen molar-refractivity contribution in [2.24, 2.45) is 0 Å². The summed E-state index contributed by atoms with van der Waals surface area (Å²) in [7, 11) is 1.62. The maximum Gasteiger partial charge on any atom is 0.415 e. The van der Waals surface area contributed by atoms with Crippen molar-refractivity contribution < 1.29 is 9.53 Å². The van der Waals surface area contributed by atoms with E-state index in [9.17, 15) is 4.79 Å². The fourth-order valence-corrected chi connectivity index (χ4v) is 1.11. The molecule has 0 radical (unpaired) electrons. The molecule has 0 bridgehead atoms. The largest absolute Gasteiger partial charge is 0.449 e. The number of hydrogen-bond acceptors (Lipinski definition) is 3. The van der Waals surface area contributed by atoms with Gasteiger partial charge in [0.2, 0.25) is 0 Å². The van der Waals surface area contributed by atoms with Crippen LogP contribution in [0.15, 0.2) is 22.8 Å². The highest BCUT2D eigenvalue weighted by Crippen LogP contribution is 2.13. The van der Waals surface area contributed by atoms with Crippen LogP contribution >= 0.6 is 15.9 Å². The second-order valence-corrected chi connectivity index (χ2v) is 3.51. The van der Waals surface area contributed by atoms with Crippen LogP contribution in [0.25, 0.3) is 0 Å². The normalized spacial score (nSPS) is 9.64. The molecule has 0 saturated carbocycles. The Morgan fingerprint density at radius 3 is 2.86 bits per heavy atom. The van der Waals surface area contributed by atoms with Crippen LogP contribution in [-0.2, 0) is 4.74 Å². The zero-order valence-electron chi connectivity index (χ0n) is 8.03. The summed E-state index contributed by atoms with van der Waals surface area (Å²) in [5, 5.41) is 0. The van der Waals surface area contributed by atoms with Gasteiger partial charge in [0.1, 0.15) is 5.82 Å².